The summed E-state index contributed by atoms with van der Waals surface area (Å²) < 4.78 is 5.06. The van der Waals surface area contributed by atoms with Crippen LogP contribution in [0.3, 0.4) is 0 Å². The third-order valence-electron chi connectivity index (χ3n) is 4.93. The Labute approximate surface area is 180 Å². The van der Waals surface area contributed by atoms with E-state index in [1.165, 1.54) is 18.0 Å². The minimum Gasteiger partial charge on any atom is -0.506 e. The minimum absolute atomic E-state index is 0.0249. The number of anilines is 1. The predicted octanol–water partition coefficient (Wildman–Crippen LogP) is 3.36. The highest BCUT2D eigenvalue weighted by Crippen LogP contribution is 2.29. The zero-order chi connectivity index (χ0) is 22.4. The second-order valence-electron chi connectivity index (χ2n) is 7.07. The molecule has 0 aliphatic heterocycles. The van der Waals surface area contributed by atoms with Gasteiger partial charge >= 0.3 is 5.97 Å². The number of para-hydroxylation sites is 1. The van der Waals surface area contributed by atoms with Crippen molar-refractivity contribution in [1.29, 1.82) is 0 Å². The van der Waals surface area contributed by atoms with E-state index in [0.29, 0.717) is 11.1 Å². The van der Waals surface area contributed by atoms with Gasteiger partial charge in [0.2, 0.25) is 5.91 Å². The Morgan fingerprint density at radius 2 is 1.71 bits per heavy atom. The Bertz CT molecular complexity index is 1130. The van der Waals surface area contributed by atoms with Gasteiger partial charge < -0.3 is 20.1 Å². The lowest BCUT2D eigenvalue weighted by Crippen LogP contribution is -2.37. The maximum atomic E-state index is 12.3. The second-order valence-corrected chi connectivity index (χ2v) is 7.07. The van der Waals surface area contributed by atoms with Crippen molar-refractivity contribution in [2.24, 2.45) is 0 Å². The monoisotopic (exact) mass is 420 g/mol. The van der Waals surface area contributed by atoms with Crippen molar-refractivity contribution in [2.75, 3.05) is 25.5 Å². The van der Waals surface area contributed by atoms with Gasteiger partial charge in [-0.2, -0.15) is 0 Å². The number of nitrogens with zero attached hydrogens (tertiary/aromatic N) is 1. The molecule has 0 saturated heterocycles. The van der Waals surface area contributed by atoms with Crippen molar-refractivity contribution in [3.05, 3.63) is 71.8 Å². The van der Waals surface area contributed by atoms with Crippen LogP contribution in [-0.2, 0) is 20.7 Å². The van der Waals surface area contributed by atoms with E-state index in [1.54, 1.807) is 24.3 Å². The number of carbonyl (C=O) groups excluding carboxylic acids is 3. The number of likely N-dealkylation sites (N-methyl/N-ethyl adjacent to an activating group) is 1. The average Bonchev–Trinajstić information content (AvgIpc) is 2.77. The fourth-order valence-electron chi connectivity index (χ4n) is 3.18. The molecule has 7 nitrogen and oxygen atoms in total. The van der Waals surface area contributed by atoms with Crippen LogP contribution < -0.4 is 5.32 Å². The van der Waals surface area contributed by atoms with Gasteiger partial charge in [0.05, 0.1) is 6.54 Å². The molecule has 0 bridgehead atoms. The SMILES string of the molecule is CCc1ccccc1NC(=O)CN(C)C(=O)COC(=O)c1ccc2ccccc2c1O. The van der Waals surface area contributed by atoms with Crippen LogP contribution in [0.5, 0.6) is 5.75 Å². The molecule has 0 heterocycles. The molecular formula is C24H24N2O5. The van der Waals surface area contributed by atoms with Crippen LogP contribution in [-0.4, -0.2) is 48.0 Å². The summed E-state index contributed by atoms with van der Waals surface area (Å²) in [4.78, 5) is 38.1. The molecule has 0 radical (unpaired) electrons. The molecule has 2 amide bonds. The molecule has 3 rings (SSSR count). The number of rotatable bonds is 7. The topological polar surface area (TPSA) is 95.9 Å². The smallest absolute Gasteiger partial charge is 0.342 e. The summed E-state index contributed by atoms with van der Waals surface area (Å²) in [6.07, 6.45) is 0.767. The summed E-state index contributed by atoms with van der Waals surface area (Å²) in [6.45, 7) is 1.26. The van der Waals surface area contributed by atoms with E-state index in [9.17, 15) is 19.5 Å². The quantitative estimate of drug-likeness (QED) is 0.572. The van der Waals surface area contributed by atoms with Gasteiger partial charge in [0.15, 0.2) is 6.61 Å². The molecule has 0 fully saturated rings. The van der Waals surface area contributed by atoms with Gasteiger partial charge in [-0.1, -0.05) is 55.5 Å². The lowest BCUT2D eigenvalue weighted by atomic mass is 10.1. The largest absolute Gasteiger partial charge is 0.506 e. The predicted molar refractivity (Wildman–Crippen MR) is 118 cm³/mol. The first kappa shape index (κ1) is 21.8. The first-order chi connectivity index (χ1) is 14.9. The minimum atomic E-state index is -0.814. The number of hydrogen-bond donors (Lipinski definition) is 2. The fraction of sp³-hybridized carbons (Fsp3) is 0.208. The van der Waals surface area contributed by atoms with Gasteiger partial charge in [-0.15, -0.1) is 0 Å². The zero-order valence-electron chi connectivity index (χ0n) is 17.4. The van der Waals surface area contributed by atoms with E-state index < -0.39 is 18.5 Å². The van der Waals surface area contributed by atoms with E-state index in [4.69, 9.17) is 4.74 Å². The van der Waals surface area contributed by atoms with Crippen molar-refractivity contribution in [2.45, 2.75) is 13.3 Å². The molecule has 0 spiro atoms. The normalized spacial score (nSPS) is 10.5. The van der Waals surface area contributed by atoms with Crippen LogP contribution in [0.25, 0.3) is 10.8 Å². The highest BCUT2D eigenvalue weighted by molar-refractivity contribution is 6.02. The van der Waals surface area contributed by atoms with Gasteiger partial charge in [-0.25, -0.2) is 4.79 Å². The molecule has 3 aromatic carbocycles. The Morgan fingerprint density at radius 1 is 1.00 bits per heavy atom. The van der Waals surface area contributed by atoms with E-state index in [1.807, 2.05) is 37.3 Å². The standard InChI is InChI=1S/C24H24N2O5/c1-3-16-8-5-7-11-20(16)25-21(27)14-26(2)22(28)15-31-24(30)19-13-12-17-9-4-6-10-18(17)23(19)29/h4-13,29H,3,14-15H2,1-2H3,(H,25,27). The van der Waals surface area contributed by atoms with Crippen molar-refractivity contribution in [1.82, 2.24) is 4.90 Å². The molecule has 0 aliphatic rings. The third-order valence-corrected chi connectivity index (χ3v) is 4.93. The maximum Gasteiger partial charge on any atom is 0.342 e. The number of fused-ring (bicyclic) bond motifs is 1. The molecule has 31 heavy (non-hydrogen) atoms. The van der Waals surface area contributed by atoms with E-state index in [0.717, 1.165) is 17.4 Å². The summed E-state index contributed by atoms with van der Waals surface area (Å²) >= 11 is 0. The molecule has 7 heteroatoms. The van der Waals surface area contributed by atoms with Crippen LogP contribution in [0.4, 0.5) is 5.69 Å². The van der Waals surface area contributed by atoms with Gasteiger partial charge in [0.1, 0.15) is 11.3 Å². The molecule has 3 aromatic rings. The van der Waals surface area contributed by atoms with Crippen molar-refractivity contribution in [3.8, 4) is 5.75 Å². The highest BCUT2D eigenvalue weighted by Gasteiger charge is 2.19. The number of nitrogens with one attached hydrogen (secondary N) is 1. The first-order valence-corrected chi connectivity index (χ1v) is 9.90. The van der Waals surface area contributed by atoms with E-state index in [2.05, 4.69) is 5.32 Å². The highest BCUT2D eigenvalue weighted by atomic mass is 16.5. The summed E-state index contributed by atoms with van der Waals surface area (Å²) in [5.74, 6) is -1.90. The molecule has 0 atom stereocenters. The molecule has 0 aliphatic carbocycles. The zero-order valence-corrected chi connectivity index (χ0v) is 17.4. The van der Waals surface area contributed by atoms with Crippen LogP contribution >= 0.6 is 0 Å². The van der Waals surface area contributed by atoms with Gasteiger partial charge in [0, 0.05) is 18.1 Å². The van der Waals surface area contributed by atoms with Gasteiger partial charge in [-0.3, -0.25) is 9.59 Å². The number of hydrogen-bond acceptors (Lipinski definition) is 5. The summed E-state index contributed by atoms with van der Waals surface area (Å²) in [5.41, 5.74) is 1.67. The lowest BCUT2D eigenvalue weighted by Gasteiger charge is -2.17. The fourth-order valence-corrected chi connectivity index (χ4v) is 3.18. The third kappa shape index (κ3) is 5.19. The van der Waals surface area contributed by atoms with Crippen LogP contribution in [0.2, 0.25) is 0 Å². The number of ether oxygens (including phenoxy) is 1. The Hall–Kier alpha value is -3.87. The van der Waals surface area contributed by atoms with Crippen molar-refractivity contribution >= 4 is 34.2 Å². The number of phenolic OH excluding ortho intramolecular Hbond substituents is 1. The van der Waals surface area contributed by atoms with Crippen LogP contribution in [0.1, 0.15) is 22.8 Å². The number of benzene rings is 3. The summed E-state index contributed by atoms with van der Waals surface area (Å²) in [5, 5.41) is 14.4. The van der Waals surface area contributed by atoms with E-state index in [-0.39, 0.29) is 23.8 Å². The van der Waals surface area contributed by atoms with Gasteiger partial charge in [0.25, 0.3) is 5.91 Å². The number of carbonyl (C=O) groups is 3. The number of aromatic hydroxyl groups is 1. The second kappa shape index (κ2) is 9.75. The molecule has 2 N–H and O–H groups in total. The number of aryl methyl sites for hydroxylation is 1. The Morgan fingerprint density at radius 3 is 2.48 bits per heavy atom. The van der Waals surface area contributed by atoms with Gasteiger partial charge in [-0.05, 0) is 29.5 Å². The maximum absolute atomic E-state index is 12.3. The van der Waals surface area contributed by atoms with Crippen LogP contribution in [0, 0.1) is 0 Å². The first-order valence-electron chi connectivity index (χ1n) is 9.90. The molecule has 0 saturated carbocycles. The lowest BCUT2D eigenvalue weighted by molar-refractivity contribution is -0.136. The Balaban J connectivity index is 1.56. The molecule has 0 unspecified atom stereocenters. The van der Waals surface area contributed by atoms with Crippen LogP contribution in [0.15, 0.2) is 60.7 Å². The van der Waals surface area contributed by atoms with Crippen molar-refractivity contribution < 1.29 is 24.2 Å². The Kier molecular flexibility index (Phi) is 6.87. The number of esters is 1. The molecular weight excluding hydrogens is 396 g/mol. The summed E-state index contributed by atoms with van der Waals surface area (Å²) in [6, 6.07) is 17.7. The average molecular weight is 420 g/mol. The number of amides is 2. The van der Waals surface area contributed by atoms with Crippen molar-refractivity contribution in [3.63, 3.8) is 0 Å². The van der Waals surface area contributed by atoms with E-state index >= 15 is 0 Å². The summed E-state index contributed by atoms with van der Waals surface area (Å²) in [7, 11) is 1.45. The number of phenols is 1. The molecule has 160 valence electrons. The molecule has 0 aromatic heterocycles.